The van der Waals surface area contributed by atoms with Crippen molar-refractivity contribution in [2.45, 2.75) is 70.0 Å². The van der Waals surface area contributed by atoms with Crippen molar-refractivity contribution in [3.8, 4) is 0 Å². The van der Waals surface area contributed by atoms with Crippen LogP contribution in [0.15, 0.2) is 20.1 Å². The smallest absolute Gasteiger partial charge is 0.336 e. The van der Waals surface area contributed by atoms with Gasteiger partial charge in [-0.2, -0.15) is 0 Å². The van der Waals surface area contributed by atoms with E-state index in [4.69, 9.17) is 9.47 Å². The van der Waals surface area contributed by atoms with E-state index in [1.807, 2.05) is 0 Å². The van der Waals surface area contributed by atoms with E-state index in [2.05, 4.69) is 109 Å². The van der Waals surface area contributed by atoms with Crippen molar-refractivity contribution in [3.63, 3.8) is 0 Å². The van der Waals surface area contributed by atoms with Gasteiger partial charge >= 0.3 is 11.9 Å². The van der Waals surface area contributed by atoms with Gasteiger partial charge in [-0.15, -0.1) is 0 Å². The van der Waals surface area contributed by atoms with Gasteiger partial charge in [0.25, 0.3) is 0 Å². The summed E-state index contributed by atoms with van der Waals surface area (Å²) in [5.41, 5.74) is -1.48. The van der Waals surface area contributed by atoms with Crippen molar-refractivity contribution in [1.82, 2.24) is 0 Å². The number of halogens is 6. The lowest BCUT2D eigenvalue weighted by Crippen LogP contribution is -2.87. The number of carbonyl (C=O) groups excluding carboxylic acids is 2. The maximum absolute atomic E-state index is 12.8. The molecule has 0 aromatic rings. The molecule has 2 heterocycles. The molecule has 1 saturated carbocycles. The van der Waals surface area contributed by atoms with E-state index in [1.165, 1.54) is 0 Å². The third kappa shape index (κ3) is 2.72. The number of hydrogen-bond acceptors (Lipinski definition) is 4. The van der Waals surface area contributed by atoms with Gasteiger partial charge in [0.1, 0.15) is 0 Å². The number of fused-ring (bicyclic) bond motifs is 1. The van der Waals surface area contributed by atoms with Crippen molar-refractivity contribution in [1.29, 1.82) is 0 Å². The molecular weight excluding hydrogens is 760 g/mol. The van der Waals surface area contributed by atoms with E-state index in [1.54, 1.807) is 0 Å². The van der Waals surface area contributed by atoms with Crippen molar-refractivity contribution < 1.29 is 19.1 Å². The normalized spacial score (nSPS) is 33.0. The van der Waals surface area contributed by atoms with Gasteiger partial charge in [-0.1, -0.05) is 122 Å². The van der Waals surface area contributed by atoms with Gasteiger partial charge in [0.2, 0.25) is 11.2 Å². The van der Waals surface area contributed by atoms with Gasteiger partial charge in [0, 0.05) is 0 Å². The molecule has 156 valence electrons. The van der Waals surface area contributed by atoms with Gasteiger partial charge in [0.05, 0.1) is 20.1 Å². The van der Waals surface area contributed by atoms with E-state index in [-0.39, 0.29) is 0 Å². The summed E-state index contributed by atoms with van der Waals surface area (Å²) in [7, 11) is 0. The lowest BCUT2D eigenvalue weighted by molar-refractivity contribution is -0.207. The fraction of sp³-hybridized carbons (Fsp3) is 0.667. The zero-order valence-electron chi connectivity index (χ0n) is 15.1. The van der Waals surface area contributed by atoms with Crippen LogP contribution in [0.4, 0.5) is 0 Å². The highest BCUT2D eigenvalue weighted by Crippen LogP contribution is 2.82. The van der Waals surface area contributed by atoms with Crippen LogP contribution in [0.3, 0.4) is 0 Å². The first-order chi connectivity index (χ1) is 13.0. The number of alkyl halides is 4. The summed E-state index contributed by atoms with van der Waals surface area (Å²) < 4.78 is 11.2. The third-order valence-corrected chi connectivity index (χ3v) is 14.3. The fourth-order valence-electron chi connectivity index (χ4n) is 3.90. The number of carbonyl (C=O) groups is 2. The van der Waals surface area contributed by atoms with Gasteiger partial charge in [-0.25, -0.2) is 9.59 Å². The number of rotatable bonds is 6. The van der Waals surface area contributed by atoms with Crippen molar-refractivity contribution in [3.05, 3.63) is 20.1 Å². The first-order valence-electron chi connectivity index (χ1n) is 8.98. The van der Waals surface area contributed by atoms with Gasteiger partial charge in [0.15, 0.2) is 6.47 Å². The van der Waals surface area contributed by atoms with Crippen LogP contribution in [0, 0.1) is 0 Å². The van der Waals surface area contributed by atoms with E-state index in [0.29, 0.717) is 33.0 Å². The maximum Gasteiger partial charge on any atom is 0.336 e. The largest absolute Gasteiger partial charge is 0.443 e. The Morgan fingerprint density at radius 1 is 0.714 bits per heavy atom. The average Bonchev–Trinajstić information content (AvgIpc) is 3.04. The molecule has 1 aliphatic carbocycles. The molecule has 0 saturated heterocycles. The summed E-state index contributed by atoms with van der Waals surface area (Å²) in [6, 6.07) is 0. The van der Waals surface area contributed by atoms with Gasteiger partial charge in [-0.05, 0) is 25.7 Å². The second-order valence-corrected chi connectivity index (χ2v) is 15.6. The standard InChI is InChI=1S/C18H18Br6O4/c1-3-5-7-9-11(19)15(27-13(9)25)16(18(23,24)17(15,21)22)12(20)10(8-6-4-2)14(26)28-16/h3-8H2,1-2H3/t15-,16-/m0/s1. The second-order valence-electron chi connectivity index (χ2n) is 7.08. The number of unbranched alkanes of at least 4 members (excludes halogenated alkanes) is 2. The topological polar surface area (TPSA) is 52.6 Å². The van der Waals surface area contributed by atoms with Gasteiger partial charge in [-0.3, -0.25) is 0 Å². The fourth-order valence-corrected chi connectivity index (χ4v) is 10.4. The Hall–Kier alpha value is 1.30. The van der Waals surface area contributed by atoms with Crippen LogP contribution >= 0.6 is 95.6 Å². The molecule has 0 bridgehead atoms. The Morgan fingerprint density at radius 3 is 1.32 bits per heavy atom. The summed E-state index contributed by atoms with van der Waals surface area (Å²) in [6.45, 7) is 4.13. The predicted molar refractivity (Wildman–Crippen MR) is 130 cm³/mol. The lowest BCUT2D eigenvalue weighted by atomic mass is 9.64. The monoisotopic (exact) mass is 772 g/mol. The summed E-state index contributed by atoms with van der Waals surface area (Å²) in [4.78, 5) is 25.7. The Labute approximate surface area is 214 Å². The number of esters is 2. The summed E-state index contributed by atoms with van der Waals surface area (Å²) in [5, 5.41) is 0. The number of ether oxygens (including phenoxy) is 2. The van der Waals surface area contributed by atoms with E-state index in [0.717, 1.165) is 25.7 Å². The Balaban J connectivity index is 2.21. The van der Waals surface area contributed by atoms with Crippen LogP contribution < -0.4 is 0 Å². The zero-order valence-corrected chi connectivity index (χ0v) is 24.7. The summed E-state index contributed by atoms with van der Waals surface area (Å²) >= 11 is 22.0. The van der Waals surface area contributed by atoms with Crippen LogP contribution in [-0.2, 0) is 19.1 Å². The lowest BCUT2D eigenvalue weighted by Gasteiger charge is -2.68. The highest BCUT2D eigenvalue weighted by atomic mass is 79.9. The van der Waals surface area contributed by atoms with Crippen LogP contribution in [0.2, 0.25) is 0 Å². The summed E-state index contributed by atoms with van der Waals surface area (Å²) in [6.07, 6.45) is 4.77. The molecule has 10 heteroatoms. The molecule has 4 nitrogen and oxygen atoms in total. The van der Waals surface area contributed by atoms with E-state index in [9.17, 15) is 9.59 Å². The molecule has 1 fully saturated rings. The minimum atomic E-state index is -1.31. The Morgan fingerprint density at radius 2 is 1.04 bits per heavy atom. The van der Waals surface area contributed by atoms with E-state index < -0.39 is 29.6 Å². The van der Waals surface area contributed by atoms with Crippen LogP contribution in [0.25, 0.3) is 0 Å². The SMILES string of the molecule is CCCCC1=C(Br)[C@@]2(OC1=O)C(Br)(Br)C(Br)(Br)[C@@]21OC(=O)C(CCCC)=C1Br. The molecule has 3 aliphatic rings. The van der Waals surface area contributed by atoms with Crippen LogP contribution in [-0.4, -0.2) is 29.6 Å². The molecule has 28 heavy (non-hydrogen) atoms. The molecule has 3 rings (SSSR count). The zero-order chi connectivity index (χ0) is 21.1. The molecule has 0 radical (unpaired) electrons. The van der Waals surface area contributed by atoms with Crippen molar-refractivity contribution >= 4 is 108 Å². The van der Waals surface area contributed by atoms with Crippen LogP contribution in [0.1, 0.15) is 52.4 Å². The number of hydrogen-bond donors (Lipinski definition) is 0. The minimum absolute atomic E-state index is 0.406. The molecule has 0 unspecified atom stereocenters. The maximum atomic E-state index is 12.8. The van der Waals surface area contributed by atoms with Crippen molar-refractivity contribution in [2.75, 3.05) is 0 Å². The molecule has 2 spiro atoms. The Bertz CT molecular complexity index is 736. The molecule has 0 aromatic heterocycles. The molecule has 0 aromatic carbocycles. The molecule has 0 amide bonds. The molecule has 2 atom stereocenters. The highest BCUT2D eigenvalue weighted by Gasteiger charge is 2.95. The average molecular weight is 778 g/mol. The second kappa shape index (κ2) is 8.01. The van der Waals surface area contributed by atoms with Crippen molar-refractivity contribution in [2.24, 2.45) is 0 Å². The third-order valence-electron chi connectivity index (χ3n) is 5.47. The summed E-state index contributed by atoms with van der Waals surface area (Å²) in [5.74, 6) is -0.811. The Kier molecular flexibility index (Phi) is 6.86. The van der Waals surface area contributed by atoms with Crippen LogP contribution in [0.5, 0.6) is 0 Å². The molecule has 2 aliphatic heterocycles. The quantitative estimate of drug-likeness (QED) is 0.211. The molecular formula is C18H18Br6O4. The first kappa shape index (κ1) is 24.0. The molecule has 0 N–H and O–H groups in total. The predicted octanol–water partition coefficient (Wildman–Crippen LogP) is 7.24. The minimum Gasteiger partial charge on any atom is -0.443 e. The van der Waals surface area contributed by atoms with Gasteiger partial charge < -0.3 is 9.47 Å². The van der Waals surface area contributed by atoms with E-state index >= 15 is 0 Å². The highest BCUT2D eigenvalue weighted by molar-refractivity contribution is 9.30. The first-order valence-corrected chi connectivity index (χ1v) is 13.7.